The van der Waals surface area contributed by atoms with Crippen molar-refractivity contribution < 1.29 is 4.79 Å². The Morgan fingerprint density at radius 1 is 1.40 bits per heavy atom. The average Bonchev–Trinajstić information content (AvgIpc) is 2.39. The van der Waals surface area contributed by atoms with Crippen LogP contribution in [0.4, 0.5) is 0 Å². The van der Waals surface area contributed by atoms with Crippen LogP contribution < -0.4 is 0 Å². The van der Waals surface area contributed by atoms with Crippen molar-refractivity contribution in [3.63, 3.8) is 0 Å². The van der Waals surface area contributed by atoms with E-state index in [9.17, 15) is 4.79 Å². The molecule has 1 aromatic heterocycles. The van der Waals surface area contributed by atoms with E-state index in [0.717, 1.165) is 17.0 Å². The molecule has 1 aromatic rings. The van der Waals surface area contributed by atoms with Crippen molar-refractivity contribution in [1.29, 1.82) is 0 Å². The predicted octanol–water partition coefficient (Wildman–Crippen LogP) is 3.44. The van der Waals surface area contributed by atoms with E-state index in [0.29, 0.717) is 5.33 Å². The summed E-state index contributed by atoms with van der Waals surface area (Å²) in [5.74, 6) is 0.151. The number of alkyl halides is 1. The number of carbonyl (C=O) groups is 1. The van der Waals surface area contributed by atoms with Crippen LogP contribution in [0, 0.1) is 13.8 Å². The summed E-state index contributed by atoms with van der Waals surface area (Å²) in [7, 11) is 0. The smallest absolute Gasteiger partial charge is 0.175 e. The fraction of sp³-hybridized carbons (Fsp3) is 0.583. The molecule has 0 saturated carbocycles. The lowest BCUT2D eigenvalue weighted by atomic mass is 10.1. The number of Topliss-reactive ketones (excluding diaryl/α,β-unsaturated/α-hetero) is 1. The maximum absolute atomic E-state index is 11.7. The summed E-state index contributed by atoms with van der Waals surface area (Å²) in [5.41, 5.74) is 3.06. The van der Waals surface area contributed by atoms with Crippen LogP contribution in [0.1, 0.15) is 42.5 Å². The molecule has 0 saturated heterocycles. The summed E-state index contributed by atoms with van der Waals surface area (Å²) < 4.78 is 2.21. The second kappa shape index (κ2) is 4.12. The highest BCUT2D eigenvalue weighted by atomic mass is 79.9. The van der Waals surface area contributed by atoms with Gasteiger partial charge in [0.05, 0.1) is 5.33 Å². The fourth-order valence-corrected chi connectivity index (χ4v) is 2.45. The molecule has 84 valence electrons. The van der Waals surface area contributed by atoms with Crippen LogP contribution in [-0.4, -0.2) is 15.7 Å². The number of hydrogen-bond acceptors (Lipinski definition) is 1. The number of nitrogens with zero attached hydrogens (tertiary/aromatic N) is 1. The number of aromatic nitrogens is 1. The number of hydrogen-bond donors (Lipinski definition) is 0. The zero-order valence-electron chi connectivity index (χ0n) is 10.0. The largest absolute Gasteiger partial charge is 0.343 e. The molecule has 3 heteroatoms. The van der Waals surface area contributed by atoms with Crippen LogP contribution in [-0.2, 0) is 5.54 Å². The molecule has 0 aliphatic rings. The van der Waals surface area contributed by atoms with E-state index in [-0.39, 0.29) is 11.3 Å². The molecule has 0 bridgehead atoms. The SMILES string of the molecule is Cc1cc(C(=O)CBr)c(C)n1C(C)(C)C. The van der Waals surface area contributed by atoms with Crippen LogP contribution in [0.2, 0.25) is 0 Å². The van der Waals surface area contributed by atoms with Crippen molar-refractivity contribution in [2.45, 2.75) is 40.2 Å². The van der Waals surface area contributed by atoms with Crippen molar-refractivity contribution in [3.8, 4) is 0 Å². The number of halogens is 1. The Balaban J connectivity index is 3.33. The fourth-order valence-electron chi connectivity index (χ4n) is 2.15. The normalized spacial score (nSPS) is 11.9. The summed E-state index contributed by atoms with van der Waals surface area (Å²) in [6.45, 7) is 10.5. The minimum Gasteiger partial charge on any atom is -0.343 e. The number of aryl methyl sites for hydroxylation is 1. The maximum Gasteiger partial charge on any atom is 0.175 e. The Bertz CT molecular complexity index is 385. The van der Waals surface area contributed by atoms with Gasteiger partial charge < -0.3 is 4.57 Å². The molecule has 0 unspecified atom stereocenters. The Labute approximate surface area is 99.8 Å². The molecule has 1 heterocycles. The number of carbonyl (C=O) groups excluding carboxylic acids is 1. The van der Waals surface area contributed by atoms with Gasteiger partial charge >= 0.3 is 0 Å². The van der Waals surface area contributed by atoms with Gasteiger partial charge in [-0.3, -0.25) is 4.79 Å². The van der Waals surface area contributed by atoms with E-state index in [4.69, 9.17) is 0 Å². The minimum atomic E-state index is 0.0268. The molecular weight excluding hydrogens is 254 g/mol. The molecule has 0 aromatic carbocycles. The highest BCUT2D eigenvalue weighted by Crippen LogP contribution is 2.24. The molecule has 15 heavy (non-hydrogen) atoms. The molecule has 0 radical (unpaired) electrons. The van der Waals surface area contributed by atoms with Gasteiger partial charge in [0, 0.05) is 22.5 Å². The Kier molecular flexibility index (Phi) is 3.44. The van der Waals surface area contributed by atoms with Gasteiger partial charge in [0.25, 0.3) is 0 Å². The standard InChI is InChI=1S/C12H18BrNO/c1-8-6-10(11(15)7-13)9(2)14(8)12(3,4)5/h6H,7H2,1-5H3. The zero-order chi connectivity index (χ0) is 11.8. The summed E-state index contributed by atoms with van der Waals surface area (Å²) >= 11 is 3.21. The summed E-state index contributed by atoms with van der Waals surface area (Å²) in [6.07, 6.45) is 0. The van der Waals surface area contributed by atoms with E-state index in [1.807, 2.05) is 19.9 Å². The minimum absolute atomic E-state index is 0.0268. The molecule has 0 amide bonds. The van der Waals surface area contributed by atoms with Crippen LogP contribution in [0.3, 0.4) is 0 Å². The van der Waals surface area contributed by atoms with E-state index in [2.05, 4.69) is 41.3 Å². The van der Waals surface area contributed by atoms with Gasteiger partial charge in [-0.1, -0.05) is 15.9 Å². The topological polar surface area (TPSA) is 22.0 Å². The Hall–Kier alpha value is -0.570. The highest BCUT2D eigenvalue weighted by molar-refractivity contribution is 9.09. The van der Waals surface area contributed by atoms with E-state index in [1.165, 1.54) is 0 Å². The molecule has 0 N–H and O–H groups in total. The lowest BCUT2D eigenvalue weighted by Gasteiger charge is -2.25. The number of rotatable bonds is 2. The van der Waals surface area contributed by atoms with Gasteiger partial charge in [-0.05, 0) is 40.7 Å². The quantitative estimate of drug-likeness (QED) is 0.597. The Morgan fingerprint density at radius 3 is 2.27 bits per heavy atom. The molecule has 0 spiro atoms. The molecular formula is C12H18BrNO. The highest BCUT2D eigenvalue weighted by Gasteiger charge is 2.21. The van der Waals surface area contributed by atoms with Crippen molar-refractivity contribution in [2.24, 2.45) is 0 Å². The third-order valence-electron chi connectivity index (χ3n) is 2.52. The molecule has 0 fully saturated rings. The first-order valence-electron chi connectivity index (χ1n) is 5.07. The monoisotopic (exact) mass is 271 g/mol. The number of ketones is 1. The van der Waals surface area contributed by atoms with Gasteiger partial charge in [-0.15, -0.1) is 0 Å². The lowest BCUT2D eigenvalue weighted by Crippen LogP contribution is -2.24. The van der Waals surface area contributed by atoms with Crippen molar-refractivity contribution >= 4 is 21.7 Å². The summed E-state index contributed by atoms with van der Waals surface area (Å²) in [4.78, 5) is 11.7. The molecule has 0 aliphatic heterocycles. The lowest BCUT2D eigenvalue weighted by molar-refractivity contribution is 0.102. The van der Waals surface area contributed by atoms with Gasteiger partial charge in [0.2, 0.25) is 0 Å². The van der Waals surface area contributed by atoms with E-state index >= 15 is 0 Å². The van der Waals surface area contributed by atoms with Crippen LogP contribution >= 0.6 is 15.9 Å². The second-order valence-electron chi connectivity index (χ2n) is 4.85. The molecule has 0 atom stereocenters. The first kappa shape index (κ1) is 12.5. The van der Waals surface area contributed by atoms with Gasteiger partial charge in [-0.25, -0.2) is 0 Å². The van der Waals surface area contributed by atoms with E-state index in [1.54, 1.807) is 0 Å². The van der Waals surface area contributed by atoms with Crippen molar-refractivity contribution in [1.82, 2.24) is 4.57 Å². The second-order valence-corrected chi connectivity index (χ2v) is 5.41. The first-order chi connectivity index (χ1) is 6.79. The molecule has 1 rings (SSSR count). The molecule has 2 nitrogen and oxygen atoms in total. The van der Waals surface area contributed by atoms with E-state index < -0.39 is 0 Å². The zero-order valence-corrected chi connectivity index (χ0v) is 11.6. The summed E-state index contributed by atoms with van der Waals surface area (Å²) in [6, 6.07) is 1.98. The Morgan fingerprint density at radius 2 is 1.93 bits per heavy atom. The molecule has 0 aliphatic carbocycles. The third-order valence-corrected chi connectivity index (χ3v) is 3.03. The third kappa shape index (κ3) is 2.33. The maximum atomic E-state index is 11.7. The van der Waals surface area contributed by atoms with Gasteiger partial charge in [-0.2, -0.15) is 0 Å². The summed E-state index contributed by atoms with van der Waals surface area (Å²) in [5, 5.41) is 0.390. The van der Waals surface area contributed by atoms with Gasteiger partial charge in [0.1, 0.15) is 0 Å². The van der Waals surface area contributed by atoms with Crippen LogP contribution in [0.15, 0.2) is 6.07 Å². The van der Waals surface area contributed by atoms with Crippen molar-refractivity contribution in [2.75, 3.05) is 5.33 Å². The van der Waals surface area contributed by atoms with Crippen LogP contribution in [0.25, 0.3) is 0 Å². The van der Waals surface area contributed by atoms with Crippen molar-refractivity contribution in [3.05, 3.63) is 23.0 Å². The first-order valence-corrected chi connectivity index (χ1v) is 6.19. The van der Waals surface area contributed by atoms with Gasteiger partial charge in [0.15, 0.2) is 5.78 Å². The predicted molar refractivity (Wildman–Crippen MR) is 67.0 cm³/mol. The van der Waals surface area contributed by atoms with Crippen LogP contribution in [0.5, 0.6) is 0 Å². The average molecular weight is 272 g/mol.